The predicted octanol–water partition coefficient (Wildman–Crippen LogP) is 2.03. The molecule has 0 unspecified atom stereocenters. The summed E-state index contributed by atoms with van der Waals surface area (Å²) < 4.78 is 2.01. The Balaban J connectivity index is 0.00000392. The van der Waals surface area contributed by atoms with Gasteiger partial charge in [-0.15, -0.1) is 24.0 Å². The van der Waals surface area contributed by atoms with Gasteiger partial charge in [0.05, 0.1) is 12.2 Å². The van der Waals surface area contributed by atoms with Crippen LogP contribution in [0.4, 0.5) is 0 Å². The molecule has 0 aliphatic heterocycles. The van der Waals surface area contributed by atoms with E-state index in [-0.39, 0.29) is 36.4 Å². The molecule has 28 heavy (non-hydrogen) atoms. The topological polar surface area (TPSA) is 83.3 Å². The van der Waals surface area contributed by atoms with Gasteiger partial charge in [-0.3, -0.25) is 14.5 Å². The van der Waals surface area contributed by atoms with Crippen molar-refractivity contribution in [2.45, 2.75) is 33.2 Å². The summed E-state index contributed by atoms with van der Waals surface area (Å²) in [7, 11) is 1.70. The maximum absolute atomic E-state index is 11.9. The van der Waals surface area contributed by atoms with Crippen LogP contribution in [-0.4, -0.2) is 48.3 Å². The van der Waals surface area contributed by atoms with Crippen molar-refractivity contribution in [1.82, 2.24) is 25.7 Å². The molecule has 154 valence electrons. The van der Waals surface area contributed by atoms with Gasteiger partial charge in [-0.05, 0) is 38.3 Å². The first-order chi connectivity index (χ1) is 13.1. The van der Waals surface area contributed by atoms with E-state index in [1.54, 1.807) is 7.05 Å². The summed E-state index contributed by atoms with van der Waals surface area (Å²) in [6.07, 6.45) is 1.75. The minimum Gasteiger partial charge on any atom is -0.356 e. The van der Waals surface area contributed by atoms with Crippen molar-refractivity contribution in [2.24, 2.45) is 4.99 Å². The molecular weight excluding hydrogens is 467 g/mol. The Kier molecular flexibility index (Phi) is 11.2. The number of hydrogen-bond donors (Lipinski definition) is 3. The first-order valence-corrected chi connectivity index (χ1v) is 9.34. The number of guanidine groups is 1. The number of rotatable bonds is 9. The van der Waals surface area contributed by atoms with Crippen LogP contribution in [0.5, 0.6) is 0 Å². The van der Waals surface area contributed by atoms with E-state index in [2.05, 4.69) is 51.2 Å². The number of nitrogens with zero attached hydrogens (tertiary/aromatic N) is 3. The third-order valence-electron chi connectivity index (χ3n) is 4.16. The van der Waals surface area contributed by atoms with Crippen LogP contribution in [0.1, 0.15) is 23.4 Å². The summed E-state index contributed by atoms with van der Waals surface area (Å²) in [6, 6.07) is 12.2. The molecule has 7 nitrogen and oxygen atoms in total. The third-order valence-corrected chi connectivity index (χ3v) is 4.16. The van der Waals surface area contributed by atoms with Gasteiger partial charge in [0, 0.05) is 32.4 Å². The molecule has 0 spiro atoms. The first-order valence-electron chi connectivity index (χ1n) is 9.34. The fourth-order valence-electron chi connectivity index (χ4n) is 2.77. The number of aromatic nitrogens is 2. The standard InChI is InChI=1S/C20H30N6O.HI/c1-16-14-17(2)26(25-16)13-7-11-23-20(21-3)24-15-19(27)22-12-10-18-8-5-4-6-9-18;/h4-6,8-9,14H,7,10-13,15H2,1-3H3,(H,22,27)(H2,21,23,24);1H. The quantitative estimate of drug-likeness (QED) is 0.214. The fourth-order valence-corrected chi connectivity index (χ4v) is 2.77. The second-order valence-electron chi connectivity index (χ2n) is 6.44. The van der Waals surface area contributed by atoms with Crippen LogP contribution in [0.2, 0.25) is 0 Å². The van der Waals surface area contributed by atoms with Crippen molar-refractivity contribution in [2.75, 3.05) is 26.7 Å². The molecular formula is C20H31IN6O. The zero-order chi connectivity index (χ0) is 19.5. The number of carbonyl (C=O) groups is 1. The molecule has 0 radical (unpaired) electrons. The van der Waals surface area contributed by atoms with Gasteiger partial charge in [0.15, 0.2) is 5.96 Å². The van der Waals surface area contributed by atoms with Crippen molar-refractivity contribution < 1.29 is 4.79 Å². The lowest BCUT2D eigenvalue weighted by Gasteiger charge is -2.12. The highest BCUT2D eigenvalue weighted by molar-refractivity contribution is 14.0. The van der Waals surface area contributed by atoms with E-state index in [0.29, 0.717) is 12.5 Å². The van der Waals surface area contributed by atoms with Gasteiger partial charge in [0.1, 0.15) is 0 Å². The molecule has 1 aromatic heterocycles. The van der Waals surface area contributed by atoms with E-state index in [4.69, 9.17) is 0 Å². The van der Waals surface area contributed by atoms with Gasteiger partial charge in [-0.1, -0.05) is 30.3 Å². The minimum atomic E-state index is -0.0449. The highest BCUT2D eigenvalue weighted by atomic mass is 127. The van der Waals surface area contributed by atoms with Gasteiger partial charge < -0.3 is 16.0 Å². The number of halogens is 1. The molecule has 3 N–H and O–H groups in total. The Labute approximate surface area is 184 Å². The zero-order valence-corrected chi connectivity index (χ0v) is 19.2. The maximum atomic E-state index is 11.9. The Morgan fingerprint density at radius 1 is 1.11 bits per heavy atom. The van der Waals surface area contributed by atoms with Crippen LogP contribution in [0.15, 0.2) is 41.4 Å². The van der Waals surface area contributed by atoms with Crippen molar-refractivity contribution in [3.8, 4) is 0 Å². The number of carbonyl (C=O) groups excluding carboxylic acids is 1. The van der Waals surface area contributed by atoms with Crippen molar-refractivity contribution >= 4 is 35.8 Å². The zero-order valence-electron chi connectivity index (χ0n) is 16.9. The number of aryl methyl sites for hydroxylation is 3. The molecule has 0 aliphatic carbocycles. The predicted molar refractivity (Wildman–Crippen MR) is 124 cm³/mol. The van der Waals surface area contributed by atoms with Gasteiger partial charge in [-0.2, -0.15) is 5.10 Å². The second-order valence-corrected chi connectivity index (χ2v) is 6.44. The first kappa shape index (κ1) is 23.9. The van der Waals surface area contributed by atoms with E-state index in [9.17, 15) is 4.79 Å². The molecule has 0 aliphatic rings. The molecule has 2 aromatic rings. The largest absolute Gasteiger partial charge is 0.356 e. The normalized spacial score (nSPS) is 10.9. The number of benzene rings is 1. The van der Waals surface area contributed by atoms with Gasteiger partial charge in [0.2, 0.25) is 5.91 Å². The third kappa shape index (κ3) is 8.73. The van der Waals surface area contributed by atoms with Crippen molar-refractivity contribution in [3.63, 3.8) is 0 Å². The molecule has 1 aromatic carbocycles. The monoisotopic (exact) mass is 498 g/mol. The summed E-state index contributed by atoms with van der Waals surface area (Å²) in [4.78, 5) is 16.1. The number of amides is 1. The van der Waals surface area contributed by atoms with Gasteiger partial charge >= 0.3 is 0 Å². The maximum Gasteiger partial charge on any atom is 0.239 e. The van der Waals surface area contributed by atoms with E-state index in [0.717, 1.165) is 31.6 Å². The molecule has 8 heteroatoms. The summed E-state index contributed by atoms with van der Waals surface area (Å²) in [5, 5.41) is 13.6. The lowest BCUT2D eigenvalue weighted by Crippen LogP contribution is -2.43. The highest BCUT2D eigenvalue weighted by Crippen LogP contribution is 2.02. The number of nitrogens with one attached hydrogen (secondary N) is 3. The Morgan fingerprint density at radius 2 is 1.86 bits per heavy atom. The van der Waals surface area contributed by atoms with E-state index in [1.165, 1.54) is 11.3 Å². The van der Waals surface area contributed by atoms with Crippen molar-refractivity contribution in [1.29, 1.82) is 0 Å². The Hall–Kier alpha value is -2.10. The van der Waals surface area contributed by atoms with Gasteiger partial charge in [-0.25, -0.2) is 0 Å². The smallest absolute Gasteiger partial charge is 0.239 e. The fraction of sp³-hybridized carbons (Fsp3) is 0.450. The summed E-state index contributed by atoms with van der Waals surface area (Å²) in [5.41, 5.74) is 3.42. The molecule has 0 saturated heterocycles. The summed E-state index contributed by atoms with van der Waals surface area (Å²) in [6.45, 7) is 6.49. The molecule has 2 rings (SSSR count). The summed E-state index contributed by atoms with van der Waals surface area (Å²) >= 11 is 0. The molecule has 0 saturated carbocycles. The highest BCUT2D eigenvalue weighted by Gasteiger charge is 2.04. The minimum absolute atomic E-state index is 0. The average Bonchev–Trinajstić information content (AvgIpc) is 2.99. The van der Waals surface area contributed by atoms with Crippen LogP contribution in [-0.2, 0) is 17.8 Å². The second kappa shape index (κ2) is 13.1. The Bertz CT molecular complexity index is 744. The SMILES string of the molecule is CN=C(NCCCn1nc(C)cc1C)NCC(=O)NCCc1ccccc1.I. The lowest BCUT2D eigenvalue weighted by atomic mass is 10.1. The molecule has 0 atom stereocenters. The van der Waals surface area contributed by atoms with E-state index >= 15 is 0 Å². The average molecular weight is 498 g/mol. The van der Waals surface area contributed by atoms with Gasteiger partial charge in [0.25, 0.3) is 0 Å². The van der Waals surface area contributed by atoms with Crippen LogP contribution >= 0.6 is 24.0 Å². The van der Waals surface area contributed by atoms with Crippen LogP contribution in [0.25, 0.3) is 0 Å². The van der Waals surface area contributed by atoms with Crippen molar-refractivity contribution in [3.05, 3.63) is 53.3 Å². The summed E-state index contributed by atoms with van der Waals surface area (Å²) in [5.74, 6) is 0.582. The van der Waals surface area contributed by atoms with Crippen LogP contribution in [0.3, 0.4) is 0 Å². The molecule has 1 heterocycles. The number of aliphatic imine (C=N–C) groups is 1. The van der Waals surface area contributed by atoms with E-state index in [1.807, 2.05) is 29.8 Å². The molecule has 1 amide bonds. The number of hydrogen-bond acceptors (Lipinski definition) is 3. The van der Waals surface area contributed by atoms with E-state index < -0.39 is 0 Å². The van der Waals surface area contributed by atoms with Crippen LogP contribution in [0, 0.1) is 13.8 Å². The molecule has 0 bridgehead atoms. The Morgan fingerprint density at radius 3 is 2.50 bits per heavy atom. The molecule has 0 fully saturated rings. The van der Waals surface area contributed by atoms with Crippen LogP contribution < -0.4 is 16.0 Å². The lowest BCUT2D eigenvalue weighted by molar-refractivity contribution is -0.119.